The molecule has 0 radical (unpaired) electrons. The molecule has 1 fully saturated rings. The fourth-order valence-corrected chi connectivity index (χ4v) is 3.22. The van der Waals surface area contributed by atoms with Crippen molar-refractivity contribution in [3.63, 3.8) is 0 Å². The van der Waals surface area contributed by atoms with E-state index < -0.39 is 0 Å². The van der Waals surface area contributed by atoms with Crippen LogP contribution in [0.1, 0.15) is 38.3 Å². The zero-order valence-electron chi connectivity index (χ0n) is 12.6. The van der Waals surface area contributed by atoms with Crippen LogP contribution in [0.15, 0.2) is 18.2 Å². The minimum absolute atomic E-state index is 0.311. The molecule has 0 aliphatic carbocycles. The highest BCUT2D eigenvalue weighted by molar-refractivity contribution is 5.45. The van der Waals surface area contributed by atoms with Crippen LogP contribution in [0.3, 0.4) is 0 Å². The van der Waals surface area contributed by atoms with Crippen LogP contribution < -0.4 is 14.8 Å². The lowest BCUT2D eigenvalue weighted by molar-refractivity contribution is 0.158. The van der Waals surface area contributed by atoms with Gasteiger partial charge in [-0.3, -0.25) is 4.90 Å². The fraction of sp³-hybridized carbons (Fsp3) is 0.625. The molecule has 1 atom stereocenters. The molecule has 0 spiro atoms. The molecule has 2 aliphatic rings. The van der Waals surface area contributed by atoms with E-state index in [1.807, 2.05) is 13.1 Å². The van der Waals surface area contributed by atoms with Gasteiger partial charge < -0.3 is 14.8 Å². The smallest absolute Gasteiger partial charge is 0.231 e. The Morgan fingerprint density at radius 2 is 2.10 bits per heavy atom. The highest BCUT2D eigenvalue weighted by Gasteiger charge is 2.33. The summed E-state index contributed by atoms with van der Waals surface area (Å²) in [4.78, 5) is 2.58. The highest BCUT2D eigenvalue weighted by atomic mass is 16.7. The van der Waals surface area contributed by atoms with Crippen LogP contribution in [0, 0.1) is 0 Å². The number of likely N-dealkylation sites (N-methyl/N-ethyl adjacent to an activating group) is 1. The maximum Gasteiger partial charge on any atom is 0.231 e. The van der Waals surface area contributed by atoms with Crippen LogP contribution >= 0.6 is 0 Å². The first-order valence-electron chi connectivity index (χ1n) is 7.42. The van der Waals surface area contributed by atoms with Crippen molar-refractivity contribution in [1.29, 1.82) is 0 Å². The summed E-state index contributed by atoms with van der Waals surface area (Å²) in [7, 11) is 2.03. The normalized spacial score (nSPS) is 22.1. The molecule has 1 N–H and O–H groups in total. The average Bonchev–Trinajstić information content (AvgIpc) is 3.01. The van der Waals surface area contributed by atoms with Crippen molar-refractivity contribution in [3.8, 4) is 11.5 Å². The molecule has 2 heterocycles. The summed E-state index contributed by atoms with van der Waals surface area (Å²) in [5, 5.41) is 3.44. The van der Waals surface area contributed by atoms with E-state index in [0.29, 0.717) is 18.4 Å². The molecule has 0 bridgehead atoms. The molecule has 1 unspecified atom stereocenters. The van der Waals surface area contributed by atoms with Gasteiger partial charge in [0.25, 0.3) is 0 Å². The maximum atomic E-state index is 5.48. The monoisotopic (exact) mass is 276 g/mol. The number of likely N-dealkylation sites (tertiary alicyclic amines) is 1. The molecule has 110 valence electrons. The van der Waals surface area contributed by atoms with Crippen molar-refractivity contribution >= 4 is 0 Å². The first-order valence-corrected chi connectivity index (χ1v) is 7.42. The number of nitrogens with zero attached hydrogens (tertiary/aromatic N) is 1. The number of ether oxygens (including phenoxy) is 2. The Labute approximate surface area is 121 Å². The SMILES string of the molecule is CNC(CN1CCCC1(C)C)c1ccc2c(c1)OCO2. The average molecular weight is 276 g/mol. The van der Waals surface area contributed by atoms with Gasteiger partial charge in [-0.25, -0.2) is 0 Å². The third-order valence-electron chi connectivity index (χ3n) is 4.62. The summed E-state index contributed by atoms with van der Waals surface area (Å²) < 4.78 is 10.9. The minimum Gasteiger partial charge on any atom is -0.454 e. The zero-order valence-corrected chi connectivity index (χ0v) is 12.6. The predicted molar refractivity (Wildman–Crippen MR) is 79.3 cm³/mol. The molecular weight excluding hydrogens is 252 g/mol. The van der Waals surface area contributed by atoms with Crippen molar-refractivity contribution in [2.75, 3.05) is 26.9 Å². The van der Waals surface area contributed by atoms with Crippen molar-refractivity contribution in [1.82, 2.24) is 10.2 Å². The number of benzene rings is 1. The van der Waals surface area contributed by atoms with E-state index in [4.69, 9.17) is 9.47 Å². The Bertz CT molecular complexity index is 487. The maximum absolute atomic E-state index is 5.48. The van der Waals surface area contributed by atoms with Gasteiger partial charge in [0.2, 0.25) is 6.79 Å². The van der Waals surface area contributed by atoms with E-state index in [9.17, 15) is 0 Å². The molecule has 0 amide bonds. The third-order valence-corrected chi connectivity index (χ3v) is 4.62. The lowest BCUT2D eigenvalue weighted by Gasteiger charge is -2.34. The third kappa shape index (κ3) is 2.50. The van der Waals surface area contributed by atoms with Crippen molar-refractivity contribution in [2.45, 2.75) is 38.3 Å². The quantitative estimate of drug-likeness (QED) is 0.916. The Hall–Kier alpha value is -1.26. The lowest BCUT2D eigenvalue weighted by atomic mass is 10.00. The molecule has 1 saturated heterocycles. The number of nitrogens with one attached hydrogen (secondary N) is 1. The van der Waals surface area contributed by atoms with Crippen LogP contribution in [0.25, 0.3) is 0 Å². The lowest BCUT2D eigenvalue weighted by Crippen LogP contribution is -2.42. The molecular formula is C16H24N2O2. The van der Waals surface area contributed by atoms with E-state index in [2.05, 4.69) is 36.2 Å². The molecule has 4 nitrogen and oxygen atoms in total. The molecule has 2 aliphatic heterocycles. The molecule has 0 aromatic heterocycles. The van der Waals surface area contributed by atoms with Gasteiger partial charge in [-0.1, -0.05) is 6.07 Å². The summed E-state index contributed by atoms with van der Waals surface area (Å²) >= 11 is 0. The van der Waals surface area contributed by atoms with E-state index in [-0.39, 0.29) is 0 Å². The van der Waals surface area contributed by atoms with Gasteiger partial charge in [0.15, 0.2) is 11.5 Å². The van der Waals surface area contributed by atoms with E-state index >= 15 is 0 Å². The van der Waals surface area contributed by atoms with E-state index in [1.165, 1.54) is 24.9 Å². The van der Waals surface area contributed by atoms with Gasteiger partial charge in [-0.2, -0.15) is 0 Å². The first-order chi connectivity index (χ1) is 9.60. The fourth-order valence-electron chi connectivity index (χ4n) is 3.22. The number of rotatable bonds is 4. The summed E-state index contributed by atoms with van der Waals surface area (Å²) in [6, 6.07) is 6.57. The molecule has 1 aromatic rings. The molecule has 1 aromatic carbocycles. The zero-order chi connectivity index (χ0) is 14.2. The molecule has 3 rings (SSSR count). The second-order valence-electron chi connectivity index (χ2n) is 6.32. The summed E-state index contributed by atoms with van der Waals surface area (Å²) in [6.45, 7) is 7.24. The van der Waals surface area contributed by atoms with Gasteiger partial charge in [-0.15, -0.1) is 0 Å². The Morgan fingerprint density at radius 1 is 1.30 bits per heavy atom. The molecule has 20 heavy (non-hydrogen) atoms. The number of hydrogen-bond donors (Lipinski definition) is 1. The number of hydrogen-bond acceptors (Lipinski definition) is 4. The van der Waals surface area contributed by atoms with Gasteiger partial charge in [0.05, 0.1) is 0 Å². The summed E-state index contributed by atoms with van der Waals surface area (Å²) in [5.74, 6) is 1.72. The van der Waals surface area contributed by atoms with Gasteiger partial charge in [-0.05, 0) is 58.0 Å². The van der Waals surface area contributed by atoms with Crippen LogP contribution in [0.5, 0.6) is 11.5 Å². The van der Waals surface area contributed by atoms with Gasteiger partial charge in [0.1, 0.15) is 0 Å². The van der Waals surface area contributed by atoms with Crippen LogP contribution in [-0.2, 0) is 0 Å². The Kier molecular flexibility index (Phi) is 3.61. The summed E-state index contributed by atoms with van der Waals surface area (Å²) in [6.07, 6.45) is 2.58. The Morgan fingerprint density at radius 3 is 2.80 bits per heavy atom. The predicted octanol–water partition coefficient (Wildman–Crippen LogP) is 2.55. The van der Waals surface area contributed by atoms with Crippen molar-refractivity contribution in [3.05, 3.63) is 23.8 Å². The Balaban J connectivity index is 1.76. The van der Waals surface area contributed by atoms with E-state index in [0.717, 1.165) is 18.0 Å². The van der Waals surface area contributed by atoms with Crippen molar-refractivity contribution < 1.29 is 9.47 Å². The minimum atomic E-state index is 0.311. The van der Waals surface area contributed by atoms with Gasteiger partial charge in [0, 0.05) is 18.1 Å². The second-order valence-corrected chi connectivity index (χ2v) is 6.32. The van der Waals surface area contributed by atoms with Crippen LogP contribution in [-0.4, -0.2) is 37.4 Å². The molecule has 0 saturated carbocycles. The van der Waals surface area contributed by atoms with Crippen molar-refractivity contribution in [2.24, 2.45) is 0 Å². The molecule has 4 heteroatoms. The van der Waals surface area contributed by atoms with E-state index in [1.54, 1.807) is 0 Å². The topological polar surface area (TPSA) is 33.7 Å². The first kappa shape index (κ1) is 13.7. The summed E-state index contributed by atoms with van der Waals surface area (Å²) in [5.41, 5.74) is 1.57. The van der Waals surface area contributed by atoms with Crippen LogP contribution in [0.2, 0.25) is 0 Å². The number of fused-ring (bicyclic) bond motifs is 1. The van der Waals surface area contributed by atoms with Gasteiger partial charge >= 0.3 is 0 Å². The van der Waals surface area contributed by atoms with Crippen LogP contribution in [0.4, 0.5) is 0 Å². The standard InChI is InChI=1S/C16H24N2O2/c1-16(2)7-4-8-18(16)10-13(17-3)12-5-6-14-15(9-12)20-11-19-14/h5-6,9,13,17H,4,7-8,10-11H2,1-3H3. The highest BCUT2D eigenvalue weighted by Crippen LogP contribution is 2.35. The second kappa shape index (κ2) is 5.26. The largest absolute Gasteiger partial charge is 0.454 e.